The summed E-state index contributed by atoms with van der Waals surface area (Å²) in [5, 5.41) is 7.19. The molecule has 110 valence electrons. The largest absolute Gasteiger partial charge is 0.309 e. The van der Waals surface area contributed by atoms with E-state index in [0.29, 0.717) is 12.2 Å². The number of nitrogens with zero attached hydrogens (tertiary/aromatic N) is 2. The molecule has 3 aromatic rings. The van der Waals surface area contributed by atoms with Gasteiger partial charge in [0.25, 0.3) is 0 Å². The van der Waals surface area contributed by atoms with E-state index in [1.165, 1.54) is 0 Å². The molecule has 4 heteroatoms. The lowest BCUT2D eigenvalue weighted by Gasteiger charge is -2.03. The SMILES string of the molecule is O=C(CCc1ccccc1)Nc1ccn(-c2ccccc2)n1. The zero-order valence-corrected chi connectivity index (χ0v) is 12.1. The third kappa shape index (κ3) is 3.61. The third-order valence-electron chi connectivity index (χ3n) is 3.36. The molecule has 0 saturated heterocycles. The van der Waals surface area contributed by atoms with Gasteiger partial charge in [-0.3, -0.25) is 4.79 Å². The normalized spacial score (nSPS) is 10.4. The van der Waals surface area contributed by atoms with Crippen LogP contribution in [-0.4, -0.2) is 15.7 Å². The van der Waals surface area contributed by atoms with Gasteiger partial charge in [0.15, 0.2) is 5.82 Å². The minimum Gasteiger partial charge on any atom is -0.309 e. The zero-order valence-electron chi connectivity index (χ0n) is 12.1. The molecular formula is C18H17N3O. The Bertz CT molecular complexity index is 735. The fraction of sp³-hybridized carbons (Fsp3) is 0.111. The second-order valence-electron chi connectivity index (χ2n) is 5.01. The summed E-state index contributed by atoms with van der Waals surface area (Å²) in [7, 11) is 0. The Morgan fingerprint density at radius 3 is 2.36 bits per heavy atom. The van der Waals surface area contributed by atoms with E-state index in [1.807, 2.05) is 66.9 Å². The van der Waals surface area contributed by atoms with Gasteiger partial charge in [0, 0.05) is 18.7 Å². The van der Waals surface area contributed by atoms with Gasteiger partial charge in [-0.1, -0.05) is 48.5 Å². The van der Waals surface area contributed by atoms with E-state index in [0.717, 1.165) is 17.7 Å². The monoisotopic (exact) mass is 291 g/mol. The van der Waals surface area contributed by atoms with E-state index >= 15 is 0 Å². The highest BCUT2D eigenvalue weighted by Crippen LogP contribution is 2.10. The van der Waals surface area contributed by atoms with Crippen LogP contribution in [0.3, 0.4) is 0 Å². The first kappa shape index (κ1) is 14.1. The van der Waals surface area contributed by atoms with Gasteiger partial charge in [-0.05, 0) is 24.1 Å². The molecule has 1 aromatic heterocycles. The van der Waals surface area contributed by atoms with Crippen LogP contribution in [0, 0.1) is 0 Å². The van der Waals surface area contributed by atoms with Gasteiger partial charge in [-0.2, -0.15) is 5.10 Å². The van der Waals surface area contributed by atoms with Crippen LogP contribution in [0.25, 0.3) is 5.69 Å². The molecule has 0 fully saturated rings. The molecule has 4 nitrogen and oxygen atoms in total. The first-order chi connectivity index (χ1) is 10.8. The smallest absolute Gasteiger partial charge is 0.225 e. The van der Waals surface area contributed by atoms with Crippen molar-refractivity contribution in [3.63, 3.8) is 0 Å². The first-order valence-corrected chi connectivity index (χ1v) is 7.26. The summed E-state index contributed by atoms with van der Waals surface area (Å²) in [6.45, 7) is 0. The van der Waals surface area contributed by atoms with Crippen LogP contribution in [-0.2, 0) is 11.2 Å². The van der Waals surface area contributed by atoms with Crippen molar-refractivity contribution in [3.8, 4) is 5.69 Å². The number of nitrogens with one attached hydrogen (secondary N) is 1. The fourth-order valence-electron chi connectivity index (χ4n) is 2.22. The van der Waals surface area contributed by atoms with Crippen molar-refractivity contribution in [2.75, 3.05) is 5.32 Å². The van der Waals surface area contributed by atoms with Crippen LogP contribution in [0.2, 0.25) is 0 Å². The van der Waals surface area contributed by atoms with Crippen molar-refractivity contribution in [1.82, 2.24) is 9.78 Å². The number of hydrogen-bond donors (Lipinski definition) is 1. The summed E-state index contributed by atoms with van der Waals surface area (Å²) >= 11 is 0. The Hall–Kier alpha value is -2.88. The Kier molecular flexibility index (Phi) is 4.30. The van der Waals surface area contributed by atoms with Crippen molar-refractivity contribution < 1.29 is 4.79 Å². The van der Waals surface area contributed by atoms with E-state index in [2.05, 4.69) is 10.4 Å². The Balaban J connectivity index is 1.57. The minimum absolute atomic E-state index is 0.0258. The number of carbonyl (C=O) groups excluding carboxylic acids is 1. The summed E-state index contributed by atoms with van der Waals surface area (Å²) < 4.78 is 1.74. The van der Waals surface area contributed by atoms with Crippen molar-refractivity contribution in [3.05, 3.63) is 78.5 Å². The molecule has 0 spiro atoms. The molecule has 0 radical (unpaired) electrons. The maximum atomic E-state index is 12.0. The Morgan fingerprint density at radius 2 is 1.64 bits per heavy atom. The summed E-state index contributed by atoms with van der Waals surface area (Å²) in [4.78, 5) is 12.0. The predicted octanol–water partition coefficient (Wildman–Crippen LogP) is 3.44. The molecule has 0 atom stereocenters. The highest BCUT2D eigenvalue weighted by atomic mass is 16.1. The molecule has 0 aliphatic heterocycles. The maximum absolute atomic E-state index is 12.0. The average molecular weight is 291 g/mol. The molecule has 22 heavy (non-hydrogen) atoms. The lowest BCUT2D eigenvalue weighted by molar-refractivity contribution is -0.116. The van der Waals surface area contributed by atoms with Crippen molar-refractivity contribution >= 4 is 11.7 Å². The van der Waals surface area contributed by atoms with Crippen molar-refractivity contribution in [2.24, 2.45) is 0 Å². The molecule has 1 N–H and O–H groups in total. The number of benzene rings is 2. The van der Waals surface area contributed by atoms with Gasteiger partial charge in [0.05, 0.1) is 5.69 Å². The molecule has 1 amide bonds. The number of para-hydroxylation sites is 1. The molecule has 0 bridgehead atoms. The summed E-state index contributed by atoms with van der Waals surface area (Å²) in [6, 6.07) is 21.6. The number of aryl methyl sites for hydroxylation is 1. The highest BCUT2D eigenvalue weighted by molar-refractivity contribution is 5.89. The van der Waals surface area contributed by atoms with Crippen LogP contribution in [0.4, 0.5) is 5.82 Å². The van der Waals surface area contributed by atoms with Gasteiger partial charge in [-0.15, -0.1) is 0 Å². The number of carbonyl (C=O) groups is 1. The average Bonchev–Trinajstić information content (AvgIpc) is 3.03. The van der Waals surface area contributed by atoms with Gasteiger partial charge < -0.3 is 5.32 Å². The lowest BCUT2D eigenvalue weighted by atomic mass is 10.1. The second kappa shape index (κ2) is 6.72. The van der Waals surface area contributed by atoms with Crippen LogP contribution in [0.1, 0.15) is 12.0 Å². The van der Waals surface area contributed by atoms with E-state index in [1.54, 1.807) is 10.7 Å². The molecule has 0 saturated carbocycles. The minimum atomic E-state index is -0.0258. The standard InChI is InChI=1S/C18H17N3O/c22-18(12-11-15-7-3-1-4-8-15)19-17-13-14-21(20-17)16-9-5-2-6-10-16/h1-10,13-14H,11-12H2,(H,19,20,22). The highest BCUT2D eigenvalue weighted by Gasteiger charge is 2.06. The Morgan fingerprint density at radius 1 is 0.955 bits per heavy atom. The molecule has 0 aliphatic rings. The number of anilines is 1. The first-order valence-electron chi connectivity index (χ1n) is 7.26. The number of rotatable bonds is 5. The summed E-state index contributed by atoms with van der Waals surface area (Å²) in [6.07, 6.45) is 3.01. The number of amides is 1. The van der Waals surface area contributed by atoms with Crippen LogP contribution >= 0.6 is 0 Å². The molecule has 1 heterocycles. The molecule has 0 unspecified atom stereocenters. The van der Waals surface area contributed by atoms with Gasteiger partial charge in [-0.25, -0.2) is 4.68 Å². The van der Waals surface area contributed by atoms with Crippen molar-refractivity contribution in [1.29, 1.82) is 0 Å². The van der Waals surface area contributed by atoms with Gasteiger partial charge in [0.2, 0.25) is 5.91 Å². The van der Waals surface area contributed by atoms with E-state index in [-0.39, 0.29) is 5.91 Å². The summed E-state index contributed by atoms with van der Waals surface area (Å²) in [5.74, 6) is 0.545. The van der Waals surface area contributed by atoms with E-state index < -0.39 is 0 Å². The quantitative estimate of drug-likeness (QED) is 0.782. The fourth-order valence-corrected chi connectivity index (χ4v) is 2.22. The molecular weight excluding hydrogens is 274 g/mol. The van der Waals surface area contributed by atoms with Crippen molar-refractivity contribution in [2.45, 2.75) is 12.8 Å². The molecule has 2 aromatic carbocycles. The van der Waals surface area contributed by atoms with Gasteiger partial charge >= 0.3 is 0 Å². The second-order valence-corrected chi connectivity index (χ2v) is 5.01. The number of aromatic nitrogens is 2. The number of hydrogen-bond acceptors (Lipinski definition) is 2. The maximum Gasteiger partial charge on any atom is 0.225 e. The van der Waals surface area contributed by atoms with Crippen LogP contribution in [0.15, 0.2) is 72.9 Å². The molecule has 3 rings (SSSR count). The van der Waals surface area contributed by atoms with E-state index in [4.69, 9.17) is 0 Å². The zero-order chi connectivity index (χ0) is 15.2. The van der Waals surface area contributed by atoms with Gasteiger partial charge in [0.1, 0.15) is 0 Å². The third-order valence-corrected chi connectivity index (χ3v) is 3.36. The predicted molar refractivity (Wildman–Crippen MR) is 87.0 cm³/mol. The lowest BCUT2D eigenvalue weighted by Crippen LogP contribution is -2.13. The van der Waals surface area contributed by atoms with Crippen LogP contribution < -0.4 is 5.32 Å². The van der Waals surface area contributed by atoms with Crippen LogP contribution in [0.5, 0.6) is 0 Å². The summed E-state index contributed by atoms with van der Waals surface area (Å²) in [5.41, 5.74) is 2.12. The topological polar surface area (TPSA) is 46.9 Å². The van der Waals surface area contributed by atoms with E-state index in [9.17, 15) is 4.79 Å². The Labute approximate surface area is 129 Å². The molecule has 0 aliphatic carbocycles.